The third kappa shape index (κ3) is 1.86. The summed E-state index contributed by atoms with van der Waals surface area (Å²) in [6.45, 7) is 6.39. The molecule has 2 aromatic heterocycles. The summed E-state index contributed by atoms with van der Waals surface area (Å²) in [5.74, 6) is 1.28. The van der Waals surface area contributed by atoms with Crippen LogP contribution in [-0.4, -0.2) is 9.97 Å². The van der Waals surface area contributed by atoms with Crippen LogP contribution in [0.25, 0.3) is 33.3 Å². The first-order valence-corrected chi connectivity index (χ1v) is 7.61. The van der Waals surface area contributed by atoms with Crippen molar-refractivity contribution in [2.45, 2.75) is 26.7 Å². The van der Waals surface area contributed by atoms with E-state index in [1.807, 2.05) is 31.3 Å². The summed E-state index contributed by atoms with van der Waals surface area (Å²) in [5, 5.41) is 2.29. The van der Waals surface area contributed by atoms with E-state index in [-0.39, 0.29) is 0 Å². The van der Waals surface area contributed by atoms with Crippen molar-refractivity contribution >= 4 is 21.9 Å². The maximum atomic E-state index is 6.18. The quantitative estimate of drug-likeness (QED) is 0.536. The smallest absolute Gasteiger partial charge is 0.146 e. The van der Waals surface area contributed by atoms with Crippen molar-refractivity contribution in [3.8, 4) is 11.4 Å². The van der Waals surface area contributed by atoms with E-state index >= 15 is 0 Å². The summed E-state index contributed by atoms with van der Waals surface area (Å²) in [5.41, 5.74) is 5.15. The van der Waals surface area contributed by atoms with Crippen LogP contribution < -0.4 is 0 Å². The van der Waals surface area contributed by atoms with Gasteiger partial charge in [0, 0.05) is 17.0 Å². The minimum Gasteiger partial charge on any atom is -0.455 e. The van der Waals surface area contributed by atoms with Gasteiger partial charge < -0.3 is 9.40 Å². The molecule has 2 heterocycles. The molecule has 0 bridgehead atoms. The number of hydrogen-bond donors (Lipinski definition) is 1. The van der Waals surface area contributed by atoms with Crippen LogP contribution in [0.15, 0.2) is 47.0 Å². The van der Waals surface area contributed by atoms with Crippen LogP contribution in [0.5, 0.6) is 0 Å². The Hall–Kier alpha value is -2.55. The van der Waals surface area contributed by atoms with Gasteiger partial charge in [0.1, 0.15) is 17.0 Å². The van der Waals surface area contributed by atoms with E-state index in [1.165, 1.54) is 5.56 Å². The Kier molecular flexibility index (Phi) is 2.83. The topological polar surface area (TPSA) is 41.8 Å². The molecule has 3 heteroatoms. The molecule has 0 radical (unpaired) electrons. The summed E-state index contributed by atoms with van der Waals surface area (Å²) in [6.07, 6.45) is 1.93. The van der Waals surface area contributed by atoms with E-state index in [2.05, 4.69) is 42.0 Å². The van der Waals surface area contributed by atoms with Crippen molar-refractivity contribution in [2.24, 2.45) is 0 Å². The standard InChI is InChI=1S/C19H18N2O/c1-11(2)13-8-9-15-14-6-4-5-7-16(14)22-18(15)17(13)19-20-10-12(3)21-19/h4-11H,1-3H3,(H,20,21). The van der Waals surface area contributed by atoms with E-state index in [4.69, 9.17) is 4.42 Å². The monoisotopic (exact) mass is 290 g/mol. The van der Waals surface area contributed by atoms with E-state index in [0.29, 0.717) is 5.92 Å². The molecule has 3 nitrogen and oxygen atoms in total. The number of para-hydroxylation sites is 1. The maximum absolute atomic E-state index is 6.18. The fourth-order valence-corrected chi connectivity index (χ4v) is 3.07. The lowest BCUT2D eigenvalue weighted by molar-refractivity contribution is 0.668. The molecule has 4 rings (SSSR count). The molecule has 0 aliphatic rings. The summed E-state index contributed by atoms with van der Waals surface area (Å²) < 4.78 is 6.18. The number of benzene rings is 2. The van der Waals surface area contributed by atoms with Gasteiger partial charge in [0.25, 0.3) is 0 Å². The Morgan fingerprint density at radius 2 is 1.86 bits per heavy atom. The molecule has 0 spiro atoms. The number of furan rings is 1. The molecular formula is C19H18N2O. The maximum Gasteiger partial charge on any atom is 0.146 e. The van der Waals surface area contributed by atoms with Gasteiger partial charge in [-0.3, -0.25) is 0 Å². The molecule has 4 aromatic rings. The number of H-pyrrole nitrogens is 1. The van der Waals surface area contributed by atoms with Gasteiger partial charge in [-0.25, -0.2) is 4.98 Å². The van der Waals surface area contributed by atoms with Crippen LogP contribution >= 0.6 is 0 Å². The van der Waals surface area contributed by atoms with Crippen LogP contribution in [0, 0.1) is 6.92 Å². The zero-order chi connectivity index (χ0) is 15.3. The van der Waals surface area contributed by atoms with Gasteiger partial charge in [-0.1, -0.05) is 44.2 Å². The van der Waals surface area contributed by atoms with Crippen molar-refractivity contribution in [1.82, 2.24) is 9.97 Å². The van der Waals surface area contributed by atoms with Gasteiger partial charge in [0.05, 0.1) is 11.3 Å². The minimum absolute atomic E-state index is 0.401. The first-order chi connectivity index (χ1) is 10.6. The molecule has 2 aromatic carbocycles. The lowest BCUT2D eigenvalue weighted by Crippen LogP contribution is -1.94. The lowest BCUT2D eigenvalue weighted by atomic mass is 9.94. The van der Waals surface area contributed by atoms with Gasteiger partial charge in [0.15, 0.2) is 0 Å². The van der Waals surface area contributed by atoms with E-state index in [9.17, 15) is 0 Å². The highest BCUT2D eigenvalue weighted by molar-refractivity contribution is 6.09. The third-order valence-electron chi connectivity index (χ3n) is 4.14. The molecule has 22 heavy (non-hydrogen) atoms. The second kappa shape index (κ2) is 4.73. The number of aromatic nitrogens is 2. The Labute approximate surface area is 129 Å². The molecule has 0 amide bonds. The highest BCUT2D eigenvalue weighted by Gasteiger charge is 2.19. The highest BCUT2D eigenvalue weighted by Crippen LogP contribution is 2.39. The zero-order valence-corrected chi connectivity index (χ0v) is 13.0. The number of fused-ring (bicyclic) bond motifs is 3. The largest absolute Gasteiger partial charge is 0.455 e. The van der Waals surface area contributed by atoms with E-state index < -0.39 is 0 Å². The number of nitrogens with zero attached hydrogens (tertiary/aromatic N) is 1. The summed E-state index contributed by atoms with van der Waals surface area (Å²) in [6, 6.07) is 12.5. The summed E-state index contributed by atoms with van der Waals surface area (Å²) >= 11 is 0. The molecule has 0 unspecified atom stereocenters. The van der Waals surface area contributed by atoms with Gasteiger partial charge in [0.2, 0.25) is 0 Å². The van der Waals surface area contributed by atoms with Crippen LogP contribution in [-0.2, 0) is 0 Å². The number of nitrogens with one attached hydrogen (secondary N) is 1. The second-order valence-electron chi connectivity index (χ2n) is 6.05. The number of aryl methyl sites for hydroxylation is 1. The molecule has 0 atom stereocenters. The lowest BCUT2D eigenvalue weighted by Gasteiger charge is -2.11. The first-order valence-electron chi connectivity index (χ1n) is 7.61. The molecule has 1 N–H and O–H groups in total. The summed E-state index contributed by atoms with van der Waals surface area (Å²) in [7, 11) is 0. The minimum atomic E-state index is 0.401. The Morgan fingerprint density at radius 1 is 1.05 bits per heavy atom. The number of aromatic amines is 1. The van der Waals surface area contributed by atoms with Crippen LogP contribution in [0.3, 0.4) is 0 Å². The molecule has 0 aliphatic heterocycles. The number of imidazole rings is 1. The van der Waals surface area contributed by atoms with Gasteiger partial charge in [-0.2, -0.15) is 0 Å². The predicted octanol–water partition coefficient (Wildman–Crippen LogP) is 5.41. The van der Waals surface area contributed by atoms with Crippen molar-refractivity contribution in [2.75, 3.05) is 0 Å². The normalized spacial score (nSPS) is 11.8. The average Bonchev–Trinajstić information content (AvgIpc) is 3.09. The first kappa shape index (κ1) is 13.1. The van der Waals surface area contributed by atoms with E-state index in [1.54, 1.807) is 0 Å². The fourth-order valence-electron chi connectivity index (χ4n) is 3.07. The molecule has 110 valence electrons. The van der Waals surface area contributed by atoms with E-state index in [0.717, 1.165) is 39.0 Å². The zero-order valence-electron chi connectivity index (χ0n) is 13.0. The van der Waals surface area contributed by atoms with Crippen molar-refractivity contribution in [3.63, 3.8) is 0 Å². The molecule has 0 saturated heterocycles. The number of rotatable bonds is 2. The van der Waals surface area contributed by atoms with Crippen LogP contribution in [0.4, 0.5) is 0 Å². The molecule has 0 fully saturated rings. The Balaban J connectivity index is 2.15. The molecule has 0 saturated carbocycles. The van der Waals surface area contributed by atoms with Crippen LogP contribution in [0.1, 0.15) is 31.0 Å². The van der Waals surface area contributed by atoms with Crippen molar-refractivity contribution < 1.29 is 4.42 Å². The third-order valence-corrected chi connectivity index (χ3v) is 4.14. The predicted molar refractivity (Wildman–Crippen MR) is 90.1 cm³/mol. The Morgan fingerprint density at radius 3 is 2.59 bits per heavy atom. The highest BCUT2D eigenvalue weighted by atomic mass is 16.3. The van der Waals surface area contributed by atoms with Gasteiger partial charge in [-0.05, 0) is 24.5 Å². The van der Waals surface area contributed by atoms with Gasteiger partial charge >= 0.3 is 0 Å². The molecular weight excluding hydrogens is 272 g/mol. The summed E-state index contributed by atoms with van der Waals surface area (Å²) in [4.78, 5) is 7.91. The van der Waals surface area contributed by atoms with Crippen LogP contribution in [0.2, 0.25) is 0 Å². The van der Waals surface area contributed by atoms with Crippen molar-refractivity contribution in [3.05, 3.63) is 53.9 Å². The second-order valence-corrected chi connectivity index (χ2v) is 6.05. The van der Waals surface area contributed by atoms with Crippen molar-refractivity contribution in [1.29, 1.82) is 0 Å². The average molecular weight is 290 g/mol. The van der Waals surface area contributed by atoms with Gasteiger partial charge in [-0.15, -0.1) is 0 Å². The Bertz CT molecular complexity index is 976. The fraction of sp³-hybridized carbons (Fsp3) is 0.211. The molecule has 0 aliphatic carbocycles. The number of hydrogen-bond acceptors (Lipinski definition) is 2. The SMILES string of the molecule is Cc1c[nH]c(-c2c(C(C)C)ccc3c2oc2ccccc23)n1.